The number of carboxylic acid groups (broad SMARTS) is 1. The minimum atomic E-state index is -1.23. The van der Waals surface area contributed by atoms with E-state index in [9.17, 15) is 34.6 Å². The summed E-state index contributed by atoms with van der Waals surface area (Å²) in [6.45, 7) is 4.98. The van der Waals surface area contributed by atoms with Crippen LogP contribution in [0.15, 0.2) is 46.7 Å². The summed E-state index contributed by atoms with van der Waals surface area (Å²) in [5.41, 5.74) is 4.55. The van der Waals surface area contributed by atoms with Gasteiger partial charge in [-0.05, 0) is 54.5 Å². The van der Waals surface area contributed by atoms with Gasteiger partial charge in [0.25, 0.3) is 0 Å². The van der Waals surface area contributed by atoms with E-state index in [2.05, 4.69) is 20.0 Å². The smallest absolute Gasteiger partial charge is 0.408 e. The Balaban J connectivity index is 0.000000437. The number of carbonyl (C=O) groups is 3. The van der Waals surface area contributed by atoms with Gasteiger partial charge in [-0.1, -0.05) is 21.6 Å². The number of alkyl carbamates (subject to hydrolysis) is 1. The van der Waals surface area contributed by atoms with Gasteiger partial charge in [0.1, 0.15) is 17.7 Å². The number of rotatable bonds is 13. The zero-order chi connectivity index (χ0) is 31.9. The number of nitrogens with two attached hydrogens (primary N) is 1. The van der Waals surface area contributed by atoms with Crippen LogP contribution in [0.4, 0.5) is 16.2 Å². The van der Waals surface area contributed by atoms with Crippen LogP contribution in [-0.4, -0.2) is 79.3 Å². The molecule has 0 aromatic carbocycles. The fraction of sp³-hybridized carbons (Fsp3) is 0.409. The number of ether oxygens (including phenoxy) is 2. The molecule has 0 bridgehead atoms. The lowest BCUT2D eigenvalue weighted by Crippen LogP contribution is -2.44. The summed E-state index contributed by atoms with van der Waals surface area (Å²) in [6.07, 6.45) is 2.03. The topological polar surface area (TPSA) is 240 Å². The Kier molecular flexibility index (Phi) is 16.0. The maximum atomic E-state index is 11.6. The van der Waals surface area contributed by atoms with Crippen LogP contribution >= 0.6 is 43.2 Å². The minimum Gasteiger partial charge on any atom is -0.480 e. The Morgan fingerprint density at radius 1 is 1.00 bits per heavy atom. The highest BCUT2D eigenvalue weighted by Crippen LogP contribution is 2.36. The maximum absolute atomic E-state index is 11.6. The summed E-state index contributed by atoms with van der Waals surface area (Å²) in [5.74, 6) is -1.49. The van der Waals surface area contributed by atoms with Crippen LogP contribution in [-0.2, 0) is 19.1 Å². The molecule has 2 aromatic rings. The number of methoxy groups -OCH3 is 1. The molecule has 0 unspecified atom stereocenters. The highest BCUT2D eigenvalue weighted by atomic mass is 33.1. The quantitative estimate of drug-likeness (QED) is 0.119. The number of hydrogen-bond donors (Lipinski definition) is 3. The third kappa shape index (κ3) is 14.0. The Morgan fingerprint density at radius 3 is 1.88 bits per heavy atom. The molecule has 0 fully saturated rings. The van der Waals surface area contributed by atoms with Crippen molar-refractivity contribution in [2.24, 2.45) is 5.73 Å². The fourth-order valence-electron chi connectivity index (χ4n) is 2.34. The van der Waals surface area contributed by atoms with Crippen LogP contribution in [0.25, 0.3) is 0 Å². The third-order valence-corrected chi connectivity index (χ3v) is 8.76. The van der Waals surface area contributed by atoms with E-state index in [0.29, 0.717) is 0 Å². The Morgan fingerprint density at radius 2 is 1.48 bits per heavy atom. The number of aromatic nitrogens is 2. The summed E-state index contributed by atoms with van der Waals surface area (Å²) >= 11 is 0. The van der Waals surface area contributed by atoms with Gasteiger partial charge in [-0.2, -0.15) is 0 Å². The van der Waals surface area contributed by atoms with Crippen molar-refractivity contribution < 1.29 is 38.8 Å². The van der Waals surface area contributed by atoms with E-state index in [4.69, 9.17) is 15.6 Å². The van der Waals surface area contributed by atoms with Crippen molar-refractivity contribution >= 4 is 72.6 Å². The third-order valence-electron chi connectivity index (χ3n) is 4.15. The van der Waals surface area contributed by atoms with Gasteiger partial charge in [0, 0.05) is 36.0 Å². The second-order valence-corrected chi connectivity index (χ2v) is 13.2. The Labute approximate surface area is 255 Å². The number of aliphatic carboxylic acids is 1. The van der Waals surface area contributed by atoms with E-state index in [0.717, 1.165) is 32.4 Å². The molecule has 1 amide bonds. The molecule has 0 spiro atoms. The molecule has 2 rings (SSSR count). The van der Waals surface area contributed by atoms with Crippen molar-refractivity contribution in [3.05, 3.63) is 56.9 Å². The number of pyridine rings is 2. The SMILES string of the molecule is CC(C)(C)OC(=O)N[C@@H](CSSc1ncccc1[N+](=O)[O-])C(=O)O.COC(=O)[C@@H](N)CSSc1ncccc1[N+](=O)[O-]. The van der Waals surface area contributed by atoms with E-state index >= 15 is 0 Å². The number of nitro groups is 2. The minimum absolute atomic E-state index is 0.0209. The van der Waals surface area contributed by atoms with Crippen molar-refractivity contribution in [3.8, 4) is 0 Å². The molecule has 2 aromatic heterocycles. The lowest BCUT2D eigenvalue weighted by molar-refractivity contribution is -0.388. The standard InChI is InChI=1S/C13H17N3O6S2.C9H11N3O4S2/c1-13(2,3)22-12(19)15-8(11(17)18)7-23-24-10-9(16(20)21)5-4-6-14-10;1-16-9(13)6(10)5-17-18-8-7(12(14)15)3-2-4-11-8/h4-6,8H,7H2,1-3H3,(H,15,19)(H,17,18);2-4,6H,5,10H2,1H3/t8-;6-/m00/s1. The predicted octanol–water partition coefficient (Wildman–Crippen LogP) is 3.94. The lowest BCUT2D eigenvalue weighted by atomic mass is 10.2. The second-order valence-electron chi connectivity index (χ2n) is 8.57. The molecule has 0 aliphatic carbocycles. The van der Waals surface area contributed by atoms with Crippen molar-refractivity contribution in [1.29, 1.82) is 0 Å². The van der Waals surface area contributed by atoms with Gasteiger partial charge in [0.15, 0.2) is 10.1 Å². The molecular weight excluding hydrogens is 637 g/mol. The number of hydrogen-bond acceptors (Lipinski definition) is 16. The normalized spacial score (nSPS) is 12.1. The second kappa shape index (κ2) is 18.3. The summed E-state index contributed by atoms with van der Waals surface area (Å²) < 4.78 is 9.47. The number of amides is 1. The molecule has 230 valence electrons. The van der Waals surface area contributed by atoms with Gasteiger partial charge < -0.3 is 25.6 Å². The zero-order valence-corrected chi connectivity index (χ0v) is 25.9. The first kappa shape index (κ1) is 36.7. The first-order valence-corrected chi connectivity index (χ1v) is 16.1. The van der Waals surface area contributed by atoms with E-state index < -0.39 is 45.6 Å². The summed E-state index contributed by atoms with van der Waals surface area (Å²) in [5, 5.41) is 33.4. The molecule has 2 heterocycles. The van der Waals surface area contributed by atoms with Crippen LogP contribution < -0.4 is 11.1 Å². The summed E-state index contributed by atoms with van der Waals surface area (Å²) in [4.78, 5) is 62.2. The van der Waals surface area contributed by atoms with Crippen molar-refractivity contribution in [2.45, 2.75) is 48.5 Å². The average Bonchev–Trinajstić information content (AvgIpc) is 2.91. The number of esters is 1. The molecule has 0 radical (unpaired) electrons. The molecular formula is C22H28N6O10S4. The van der Waals surface area contributed by atoms with E-state index in [-0.39, 0.29) is 32.9 Å². The molecule has 0 saturated carbocycles. The first-order valence-electron chi connectivity index (χ1n) is 11.5. The molecule has 4 N–H and O–H groups in total. The molecule has 0 saturated heterocycles. The predicted molar refractivity (Wildman–Crippen MR) is 159 cm³/mol. The lowest BCUT2D eigenvalue weighted by Gasteiger charge is -2.21. The van der Waals surface area contributed by atoms with Crippen molar-refractivity contribution in [2.75, 3.05) is 18.6 Å². The van der Waals surface area contributed by atoms with Gasteiger partial charge in [0.05, 0.1) is 17.0 Å². The van der Waals surface area contributed by atoms with Gasteiger partial charge in [0.2, 0.25) is 0 Å². The van der Waals surface area contributed by atoms with Crippen LogP contribution in [0.1, 0.15) is 20.8 Å². The number of nitrogens with zero attached hydrogens (tertiary/aromatic N) is 4. The first-order chi connectivity index (χ1) is 19.7. The van der Waals surface area contributed by atoms with Crippen molar-refractivity contribution in [1.82, 2.24) is 15.3 Å². The fourth-order valence-corrected chi connectivity index (χ4v) is 6.70. The van der Waals surface area contributed by atoms with Crippen LogP contribution in [0.5, 0.6) is 0 Å². The van der Waals surface area contributed by atoms with E-state index in [1.54, 1.807) is 20.8 Å². The van der Waals surface area contributed by atoms with Gasteiger partial charge in [-0.15, -0.1) is 0 Å². The average molecular weight is 665 g/mol. The van der Waals surface area contributed by atoms with E-state index in [1.165, 1.54) is 54.6 Å². The zero-order valence-electron chi connectivity index (χ0n) is 22.7. The molecule has 0 aliphatic heterocycles. The van der Waals surface area contributed by atoms with Crippen LogP contribution in [0.3, 0.4) is 0 Å². The van der Waals surface area contributed by atoms with Gasteiger partial charge in [-0.25, -0.2) is 19.6 Å². The Bertz CT molecular complexity index is 1250. The largest absolute Gasteiger partial charge is 0.480 e. The summed E-state index contributed by atoms with van der Waals surface area (Å²) in [7, 11) is 5.58. The molecule has 20 heteroatoms. The maximum Gasteiger partial charge on any atom is 0.408 e. The number of carboxylic acids is 1. The monoisotopic (exact) mass is 664 g/mol. The highest BCUT2D eigenvalue weighted by molar-refractivity contribution is 8.77. The molecule has 2 atom stereocenters. The Hall–Kier alpha value is -3.33. The molecule has 16 nitrogen and oxygen atoms in total. The van der Waals surface area contributed by atoms with E-state index in [1.807, 2.05) is 0 Å². The van der Waals surface area contributed by atoms with Crippen LogP contribution in [0.2, 0.25) is 0 Å². The van der Waals surface area contributed by atoms with Crippen molar-refractivity contribution in [3.63, 3.8) is 0 Å². The molecule has 0 aliphatic rings. The van der Waals surface area contributed by atoms with Gasteiger partial charge in [-0.3, -0.25) is 25.0 Å². The summed E-state index contributed by atoms with van der Waals surface area (Å²) in [6, 6.07) is 3.67. The number of nitrogens with one attached hydrogen (secondary N) is 1. The van der Waals surface area contributed by atoms with Gasteiger partial charge >= 0.3 is 29.4 Å². The number of carbonyl (C=O) groups excluding carboxylic acids is 2. The van der Waals surface area contributed by atoms with Crippen LogP contribution in [0, 0.1) is 20.2 Å². The molecule has 42 heavy (non-hydrogen) atoms. The highest BCUT2D eigenvalue weighted by Gasteiger charge is 2.25.